The maximum absolute atomic E-state index is 10.4. The van der Waals surface area contributed by atoms with Crippen molar-refractivity contribution >= 4 is 12.4 Å². The Morgan fingerprint density at radius 2 is 1.07 bits per heavy atom. The molecule has 0 fully saturated rings. The Kier molecular flexibility index (Phi) is 4.93. The third-order valence-electron chi connectivity index (χ3n) is 5.44. The van der Waals surface area contributed by atoms with E-state index in [2.05, 4.69) is 72.8 Å². The van der Waals surface area contributed by atoms with Gasteiger partial charge in [0.25, 0.3) is 0 Å². The van der Waals surface area contributed by atoms with Gasteiger partial charge in [-0.3, -0.25) is 9.98 Å². The Morgan fingerprint density at radius 3 is 1.39 bits per heavy atom. The van der Waals surface area contributed by atoms with Crippen LogP contribution in [-0.2, 0) is 5.41 Å². The third kappa shape index (κ3) is 2.88. The van der Waals surface area contributed by atoms with Crippen molar-refractivity contribution in [3.8, 4) is 0 Å². The van der Waals surface area contributed by atoms with Crippen LogP contribution in [-0.4, -0.2) is 29.3 Å². The van der Waals surface area contributed by atoms with Crippen molar-refractivity contribution in [2.24, 2.45) is 9.98 Å². The number of aliphatic imine (C=N–C) groups is 2. The molecule has 0 amide bonds. The SMILES string of the molecule is CC(O)CC1(C(c2ccccc2)(c2ccccc2)c2ccccc2)N=CC=N1. The van der Waals surface area contributed by atoms with Crippen LogP contribution in [0.5, 0.6) is 0 Å². The highest BCUT2D eigenvalue weighted by molar-refractivity contribution is 6.18. The van der Waals surface area contributed by atoms with E-state index in [1.165, 1.54) is 0 Å². The number of aliphatic hydroxyl groups excluding tert-OH is 1. The van der Waals surface area contributed by atoms with E-state index in [9.17, 15) is 5.11 Å². The van der Waals surface area contributed by atoms with Crippen LogP contribution >= 0.6 is 0 Å². The van der Waals surface area contributed by atoms with Gasteiger partial charge in [0, 0.05) is 18.9 Å². The Hall–Kier alpha value is -3.04. The summed E-state index contributed by atoms with van der Waals surface area (Å²) in [4.78, 5) is 9.80. The fourth-order valence-corrected chi connectivity index (χ4v) is 4.47. The lowest BCUT2D eigenvalue weighted by Crippen LogP contribution is -2.51. The van der Waals surface area contributed by atoms with Crippen molar-refractivity contribution in [2.45, 2.75) is 30.5 Å². The summed E-state index contributed by atoms with van der Waals surface area (Å²) < 4.78 is 0. The van der Waals surface area contributed by atoms with E-state index in [1.807, 2.05) is 18.2 Å². The lowest BCUT2D eigenvalue weighted by Gasteiger charge is -2.47. The van der Waals surface area contributed by atoms with Crippen molar-refractivity contribution < 1.29 is 5.11 Å². The second-order valence-corrected chi connectivity index (χ2v) is 7.27. The minimum absolute atomic E-state index is 0.415. The molecule has 3 heteroatoms. The summed E-state index contributed by atoms with van der Waals surface area (Å²) in [5, 5.41) is 10.4. The normalized spacial score (nSPS) is 16.2. The van der Waals surface area contributed by atoms with Crippen molar-refractivity contribution in [3.63, 3.8) is 0 Å². The first kappa shape index (κ1) is 18.3. The van der Waals surface area contributed by atoms with Gasteiger partial charge in [-0.25, -0.2) is 0 Å². The van der Waals surface area contributed by atoms with Gasteiger partial charge in [0.15, 0.2) is 5.66 Å². The van der Waals surface area contributed by atoms with Gasteiger partial charge in [-0.15, -0.1) is 0 Å². The summed E-state index contributed by atoms with van der Waals surface area (Å²) in [6.07, 6.45) is 3.37. The summed E-state index contributed by atoms with van der Waals surface area (Å²) in [6, 6.07) is 31.2. The van der Waals surface area contributed by atoms with Crippen LogP contribution in [0.1, 0.15) is 30.0 Å². The van der Waals surface area contributed by atoms with Crippen LogP contribution in [0, 0.1) is 0 Å². The van der Waals surface area contributed by atoms with Crippen LogP contribution in [0.4, 0.5) is 0 Å². The second kappa shape index (κ2) is 7.53. The van der Waals surface area contributed by atoms with Gasteiger partial charge in [0.2, 0.25) is 0 Å². The number of benzene rings is 3. The first-order valence-electron chi connectivity index (χ1n) is 9.63. The molecule has 0 saturated carbocycles. The molecule has 3 nitrogen and oxygen atoms in total. The van der Waals surface area contributed by atoms with Crippen LogP contribution in [0.15, 0.2) is 101 Å². The molecule has 1 unspecified atom stereocenters. The average molecular weight is 368 g/mol. The van der Waals surface area contributed by atoms with Gasteiger partial charge in [-0.2, -0.15) is 0 Å². The molecule has 28 heavy (non-hydrogen) atoms. The summed E-state index contributed by atoms with van der Waals surface area (Å²) in [5.74, 6) is 0. The number of rotatable bonds is 6. The van der Waals surface area contributed by atoms with Gasteiger partial charge < -0.3 is 5.11 Å². The molecule has 140 valence electrons. The molecule has 0 aromatic heterocycles. The minimum Gasteiger partial charge on any atom is -0.393 e. The quantitative estimate of drug-likeness (QED) is 0.633. The van der Waals surface area contributed by atoms with Crippen LogP contribution in [0.25, 0.3) is 0 Å². The average Bonchev–Trinajstić information content (AvgIpc) is 3.20. The van der Waals surface area contributed by atoms with Crippen LogP contribution in [0.3, 0.4) is 0 Å². The maximum Gasteiger partial charge on any atom is 0.170 e. The summed E-state index contributed by atoms with van der Waals surface area (Å²) in [7, 11) is 0. The molecule has 1 aliphatic heterocycles. The van der Waals surface area contributed by atoms with Crippen molar-refractivity contribution in [1.29, 1.82) is 0 Å². The lowest BCUT2D eigenvalue weighted by atomic mass is 9.60. The molecular formula is C25H24N2O. The van der Waals surface area contributed by atoms with E-state index >= 15 is 0 Å². The van der Waals surface area contributed by atoms with Gasteiger partial charge in [0.05, 0.1) is 11.5 Å². The largest absolute Gasteiger partial charge is 0.393 e. The summed E-state index contributed by atoms with van der Waals surface area (Å²) >= 11 is 0. The standard InChI is InChI=1S/C25H24N2O/c1-20(28)19-24(26-17-18-27-24)25(21-11-5-2-6-12-21,22-13-7-3-8-14-22)23-15-9-4-10-16-23/h2-18,20,28H,19H2,1H3. The zero-order valence-corrected chi connectivity index (χ0v) is 15.9. The third-order valence-corrected chi connectivity index (χ3v) is 5.44. The highest BCUT2D eigenvalue weighted by Gasteiger charge is 2.56. The van der Waals surface area contributed by atoms with Gasteiger partial charge in [-0.1, -0.05) is 91.0 Å². The predicted octanol–water partition coefficient (Wildman–Crippen LogP) is 4.64. The molecular weight excluding hydrogens is 344 g/mol. The number of hydrogen-bond donors (Lipinski definition) is 1. The van der Waals surface area contributed by atoms with E-state index in [1.54, 1.807) is 19.4 Å². The molecule has 0 aliphatic carbocycles. The molecule has 0 spiro atoms. The first-order chi connectivity index (χ1) is 13.7. The summed E-state index contributed by atoms with van der Waals surface area (Å²) in [6.45, 7) is 1.80. The number of aliphatic hydroxyl groups is 1. The van der Waals surface area contributed by atoms with Crippen molar-refractivity contribution in [2.75, 3.05) is 0 Å². The lowest BCUT2D eigenvalue weighted by molar-refractivity contribution is 0.133. The molecule has 1 atom stereocenters. The molecule has 4 rings (SSSR count). The van der Waals surface area contributed by atoms with Gasteiger partial charge in [0.1, 0.15) is 0 Å². The molecule has 0 bridgehead atoms. The molecule has 3 aromatic rings. The van der Waals surface area contributed by atoms with E-state index in [4.69, 9.17) is 9.98 Å². The Labute approximate surface area is 166 Å². The zero-order chi connectivity index (χ0) is 19.5. The molecule has 0 saturated heterocycles. The van der Waals surface area contributed by atoms with E-state index in [0.29, 0.717) is 6.42 Å². The molecule has 1 heterocycles. The Balaban J connectivity index is 2.13. The van der Waals surface area contributed by atoms with Crippen molar-refractivity contribution in [3.05, 3.63) is 108 Å². The first-order valence-corrected chi connectivity index (χ1v) is 9.63. The Bertz CT molecular complexity index is 855. The second-order valence-electron chi connectivity index (χ2n) is 7.27. The predicted molar refractivity (Wildman–Crippen MR) is 115 cm³/mol. The van der Waals surface area contributed by atoms with Gasteiger partial charge in [-0.05, 0) is 23.6 Å². The number of hydrogen-bond acceptors (Lipinski definition) is 3. The molecule has 1 N–H and O–H groups in total. The van der Waals surface area contributed by atoms with E-state index in [-0.39, 0.29) is 0 Å². The minimum atomic E-state index is -0.870. The fraction of sp³-hybridized carbons (Fsp3) is 0.200. The molecule has 1 aliphatic rings. The van der Waals surface area contributed by atoms with Crippen LogP contribution < -0.4 is 0 Å². The summed E-state index contributed by atoms with van der Waals surface area (Å²) in [5.41, 5.74) is 1.76. The van der Waals surface area contributed by atoms with E-state index in [0.717, 1.165) is 16.7 Å². The van der Waals surface area contributed by atoms with E-state index < -0.39 is 17.2 Å². The fourth-order valence-electron chi connectivity index (χ4n) is 4.47. The van der Waals surface area contributed by atoms with Gasteiger partial charge >= 0.3 is 0 Å². The maximum atomic E-state index is 10.4. The highest BCUT2D eigenvalue weighted by atomic mass is 16.3. The molecule has 0 radical (unpaired) electrons. The highest BCUT2D eigenvalue weighted by Crippen LogP contribution is 2.52. The topological polar surface area (TPSA) is 45.0 Å². The monoisotopic (exact) mass is 368 g/mol. The molecule has 3 aromatic carbocycles. The van der Waals surface area contributed by atoms with Crippen molar-refractivity contribution in [1.82, 2.24) is 0 Å². The number of nitrogens with zero attached hydrogens (tertiary/aromatic N) is 2. The zero-order valence-electron chi connectivity index (χ0n) is 15.9. The smallest absolute Gasteiger partial charge is 0.170 e. The Morgan fingerprint density at radius 1 is 0.714 bits per heavy atom. The van der Waals surface area contributed by atoms with Crippen LogP contribution in [0.2, 0.25) is 0 Å².